The molecule has 0 saturated heterocycles. The lowest BCUT2D eigenvalue weighted by molar-refractivity contribution is 0.227. The number of para-hydroxylation sites is 1. The minimum atomic E-state index is 0.246. The monoisotopic (exact) mass is 229 g/mol. The molecule has 17 heavy (non-hydrogen) atoms. The number of benzene rings is 1. The molecule has 0 spiro atoms. The van der Waals surface area contributed by atoms with Crippen LogP contribution in [0.4, 0.5) is 0 Å². The van der Waals surface area contributed by atoms with Crippen LogP contribution in [0, 0.1) is 0 Å². The van der Waals surface area contributed by atoms with Gasteiger partial charge in [-0.2, -0.15) is 5.10 Å². The summed E-state index contributed by atoms with van der Waals surface area (Å²) in [4.78, 5) is 0. The van der Waals surface area contributed by atoms with Crippen molar-refractivity contribution in [2.45, 2.75) is 19.1 Å². The summed E-state index contributed by atoms with van der Waals surface area (Å²) < 4.78 is 5.84. The van der Waals surface area contributed by atoms with E-state index in [4.69, 9.17) is 4.74 Å². The first-order valence-corrected chi connectivity index (χ1v) is 5.85. The number of fused-ring (bicyclic) bond motifs is 1. The third-order valence-electron chi connectivity index (χ3n) is 2.96. The maximum atomic E-state index is 5.84. The van der Waals surface area contributed by atoms with Crippen molar-refractivity contribution < 1.29 is 4.74 Å². The molecule has 1 aromatic heterocycles. The Morgan fingerprint density at radius 1 is 1.35 bits per heavy atom. The molecule has 2 heterocycles. The Kier molecular flexibility index (Phi) is 2.80. The van der Waals surface area contributed by atoms with Gasteiger partial charge >= 0.3 is 0 Å². The predicted octanol–water partition coefficient (Wildman–Crippen LogP) is 1.50. The summed E-state index contributed by atoms with van der Waals surface area (Å²) in [7, 11) is 0. The van der Waals surface area contributed by atoms with E-state index in [0.29, 0.717) is 0 Å². The SMILES string of the molecule is c1ccc2c(c1)CC(CNCc1ccn[nH]1)O2. The predicted molar refractivity (Wildman–Crippen MR) is 64.9 cm³/mol. The molecule has 0 saturated carbocycles. The van der Waals surface area contributed by atoms with Crippen molar-refractivity contribution in [1.82, 2.24) is 15.5 Å². The fraction of sp³-hybridized carbons (Fsp3) is 0.308. The molecule has 1 aliphatic heterocycles. The van der Waals surface area contributed by atoms with Crippen molar-refractivity contribution in [3.05, 3.63) is 47.8 Å². The van der Waals surface area contributed by atoms with Gasteiger partial charge in [-0.3, -0.25) is 5.10 Å². The molecule has 88 valence electrons. The Hall–Kier alpha value is -1.81. The van der Waals surface area contributed by atoms with Crippen LogP contribution in [-0.4, -0.2) is 22.8 Å². The molecule has 0 aliphatic carbocycles. The van der Waals surface area contributed by atoms with Crippen LogP contribution in [0.5, 0.6) is 5.75 Å². The zero-order chi connectivity index (χ0) is 11.5. The van der Waals surface area contributed by atoms with Gasteiger partial charge in [0.25, 0.3) is 0 Å². The van der Waals surface area contributed by atoms with Crippen LogP contribution in [0.15, 0.2) is 36.5 Å². The van der Waals surface area contributed by atoms with Crippen molar-refractivity contribution in [2.75, 3.05) is 6.54 Å². The van der Waals surface area contributed by atoms with Crippen LogP contribution in [0.1, 0.15) is 11.3 Å². The molecule has 0 bridgehead atoms. The number of H-pyrrole nitrogens is 1. The highest BCUT2D eigenvalue weighted by Crippen LogP contribution is 2.27. The summed E-state index contributed by atoms with van der Waals surface area (Å²) in [6.07, 6.45) is 3.00. The van der Waals surface area contributed by atoms with Gasteiger partial charge in [0.2, 0.25) is 0 Å². The van der Waals surface area contributed by atoms with Crippen LogP contribution in [0.25, 0.3) is 0 Å². The molecule has 1 atom stereocenters. The first-order valence-electron chi connectivity index (χ1n) is 5.85. The smallest absolute Gasteiger partial charge is 0.123 e. The van der Waals surface area contributed by atoms with E-state index in [1.807, 2.05) is 18.2 Å². The third kappa shape index (κ3) is 2.31. The molecule has 1 unspecified atom stereocenters. The average Bonchev–Trinajstić information content (AvgIpc) is 2.96. The molecule has 1 aromatic carbocycles. The van der Waals surface area contributed by atoms with E-state index < -0.39 is 0 Å². The second-order valence-electron chi connectivity index (χ2n) is 4.26. The Morgan fingerprint density at radius 3 is 3.12 bits per heavy atom. The summed E-state index contributed by atoms with van der Waals surface area (Å²) in [5, 5.41) is 10.2. The van der Waals surface area contributed by atoms with E-state index >= 15 is 0 Å². The van der Waals surface area contributed by atoms with Crippen LogP contribution in [0.2, 0.25) is 0 Å². The summed E-state index contributed by atoms with van der Waals surface area (Å²) in [5.74, 6) is 1.03. The number of ether oxygens (including phenoxy) is 1. The van der Waals surface area contributed by atoms with Gasteiger partial charge < -0.3 is 10.1 Å². The Labute approximate surface area is 100 Å². The van der Waals surface area contributed by atoms with Crippen molar-refractivity contribution in [2.24, 2.45) is 0 Å². The summed E-state index contributed by atoms with van der Waals surface area (Å²) >= 11 is 0. The summed E-state index contributed by atoms with van der Waals surface area (Å²) in [6, 6.07) is 10.2. The van der Waals surface area contributed by atoms with Gasteiger partial charge in [0.05, 0.1) is 0 Å². The number of aromatic nitrogens is 2. The largest absolute Gasteiger partial charge is 0.488 e. The molecule has 4 nitrogen and oxygen atoms in total. The maximum Gasteiger partial charge on any atom is 0.123 e. The van der Waals surface area contributed by atoms with Gasteiger partial charge in [0, 0.05) is 31.4 Å². The molecule has 2 N–H and O–H groups in total. The molecule has 4 heteroatoms. The lowest BCUT2D eigenvalue weighted by Crippen LogP contribution is -2.29. The number of nitrogens with zero attached hydrogens (tertiary/aromatic N) is 1. The summed E-state index contributed by atoms with van der Waals surface area (Å²) in [5.41, 5.74) is 2.40. The minimum Gasteiger partial charge on any atom is -0.488 e. The average molecular weight is 229 g/mol. The van der Waals surface area contributed by atoms with Gasteiger partial charge in [-0.15, -0.1) is 0 Å². The highest BCUT2D eigenvalue weighted by molar-refractivity contribution is 5.37. The second kappa shape index (κ2) is 4.59. The topological polar surface area (TPSA) is 49.9 Å². The van der Waals surface area contributed by atoms with E-state index in [1.165, 1.54) is 5.56 Å². The van der Waals surface area contributed by atoms with Crippen LogP contribution in [-0.2, 0) is 13.0 Å². The van der Waals surface area contributed by atoms with Gasteiger partial charge in [-0.1, -0.05) is 18.2 Å². The maximum absolute atomic E-state index is 5.84. The van der Waals surface area contributed by atoms with Crippen molar-refractivity contribution in [3.63, 3.8) is 0 Å². The number of aromatic amines is 1. The van der Waals surface area contributed by atoms with Crippen molar-refractivity contribution in [1.29, 1.82) is 0 Å². The Balaban J connectivity index is 1.49. The quantitative estimate of drug-likeness (QED) is 0.835. The van der Waals surface area contributed by atoms with E-state index in [2.05, 4.69) is 27.6 Å². The van der Waals surface area contributed by atoms with E-state index in [0.717, 1.165) is 31.0 Å². The second-order valence-corrected chi connectivity index (χ2v) is 4.26. The number of nitrogens with one attached hydrogen (secondary N) is 2. The highest BCUT2D eigenvalue weighted by atomic mass is 16.5. The minimum absolute atomic E-state index is 0.246. The molecule has 0 fully saturated rings. The molecular formula is C13H15N3O. The zero-order valence-corrected chi connectivity index (χ0v) is 9.52. The van der Waals surface area contributed by atoms with Crippen LogP contribution in [0.3, 0.4) is 0 Å². The fourth-order valence-corrected chi connectivity index (χ4v) is 2.12. The molecule has 3 rings (SSSR count). The number of hydrogen-bond donors (Lipinski definition) is 2. The Morgan fingerprint density at radius 2 is 2.29 bits per heavy atom. The van der Waals surface area contributed by atoms with Crippen molar-refractivity contribution >= 4 is 0 Å². The van der Waals surface area contributed by atoms with Gasteiger partial charge in [-0.25, -0.2) is 0 Å². The van der Waals surface area contributed by atoms with E-state index in [-0.39, 0.29) is 6.10 Å². The first-order chi connectivity index (χ1) is 8.42. The van der Waals surface area contributed by atoms with Gasteiger partial charge in [-0.05, 0) is 17.7 Å². The lowest BCUT2D eigenvalue weighted by atomic mass is 10.1. The molecule has 0 radical (unpaired) electrons. The molecule has 2 aromatic rings. The Bertz CT molecular complexity index is 456. The first kappa shape index (κ1) is 10.4. The van der Waals surface area contributed by atoms with E-state index in [9.17, 15) is 0 Å². The standard InChI is InChI=1S/C13H15N3O/c1-2-4-13-10(3-1)7-12(17-13)9-14-8-11-5-6-15-16-11/h1-6,12,14H,7-9H2,(H,15,16). The summed E-state index contributed by atoms with van der Waals surface area (Å²) in [6.45, 7) is 1.66. The highest BCUT2D eigenvalue weighted by Gasteiger charge is 2.21. The van der Waals surface area contributed by atoms with Crippen molar-refractivity contribution in [3.8, 4) is 5.75 Å². The number of hydrogen-bond acceptors (Lipinski definition) is 3. The molecule has 1 aliphatic rings. The van der Waals surface area contributed by atoms with Crippen LogP contribution < -0.4 is 10.1 Å². The zero-order valence-electron chi connectivity index (χ0n) is 9.52. The fourth-order valence-electron chi connectivity index (χ4n) is 2.12. The molecule has 0 amide bonds. The normalized spacial score (nSPS) is 17.8. The molecular weight excluding hydrogens is 214 g/mol. The van der Waals surface area contributed by atoms with Gasteiger partial charge in [0.1, 0.15) is 11.9 Å². The van der Waals surface area contributed by atoms with Crippen LogP contribution >= 0.6 is 0 Å². The third-order valence-corrected chi connectivity index (χ3v) is 2.96. The van der Waals surface area contributed by atoms with E-state index in [1.54, 1.807) is 6.20 Å². The van der Waals surface area contributed by atoms with Gasteiger partial charge in [0.15, 0.2) is 0 Å². The number of rotatable bonds is 4. The lowest BCUT2D eigenvalue weighted by Gasteiger charge is -2.11.